The Bertz CT molecular complexity index is 979. The maximum absolute atomic E-state index is 13.5. The van der Waals surface area contributed by atoms with Crippen LogP contribution in [0.3, 0.4) is 0 Å². The van der Waals surface area contributed by atoms with E-state index in [4.69, 9.17) is 5.10 Å². The lowest BCUT2D eigenvalue weighted by Crippen LogP contribution is -2.56. The van der Waals surface area contributed by atoms with Crippen molar-refractivity contribution in [1.29, 1.82) is 0 Å². The third-order valence-electron chi connectivity index (χ3n) is 7.19. The number of carbonyl (C=O) groups is 2. The lowest BCUT2D eigenvalue weighted by atomic mass is 9.85. The van der Waals surface area contributed by atoms with Crippen molar-refractivity contribution in [2.75, 3.05) is 13.1 Å². The SMILES string of the molecule is CC(C)(C)C(NC(=O)c1nn(CC2CCCCC2)c2ccccc12)C(=O)N1CCC(O)CC1. The highest BCUT2D eigenvalue weighted by molar-refractivity contribution is 6.06. The van der Waals surface area contributed by atoms with Gasteiger partial charge in [-0.3, -0.25) is 14.3 Å². The van der Waals surface area contributed by atoms with E-state index in [2.05, 4.69) is 5.32 Å². The van der Waals surface area contributed by atoms with Crippen molar-refractivity contribution in [1.82, 2.24) is 20.0 Å². The summed E-state index contributed by atoms with van der Waals surface area (Å²) in [7, 11) is 0. The molecule has 33 heavy (non-hydrogen) atoms. The van der Waals surface area contributed by atoms with Gasteiger partial charge in [0.05, 0.1) is 11.6 Å². The van der Waals surface area contributed by atoms with E-state index in [0.717, 1.165) is 17.4 Å². The first-order valence-corrected chi connectivity index (χ1v) is 12.5. The Labute approximate surface area is 196 Å². The minimum atomic E-state index is -0.664. The van der Waals surface area contributed by atoms with Gasteiger partial charge in [-0.15, -0.1) is 0 Å². The van der Waals surface area contributed by atoms with Gasteiger partial charge in [0.25, 0.3) is 5.91 Å². The van der Waals surface area contributed by atoms with Crippen LogP contribution in [0.1, 0.15) is 76.2 Å². The molecule has 2 amide bonds. The number of aliphatic hydroxyl groups excluding tert-OH is 1. The molecule has 1 aliphatic heterocycles. The molecule has 0 bridgehead atoms. The highest BCUT2D eigenvalue weighted by Gasteiger charge is 2.37. The number of nitrogens with one attached hydrogen (secondary N) is 1. The van der Waals surface area contributed by atoms with E-state index in [-0.39, 0.29) is 17.9 Å². The number of likely N-dealkylation sites (tertiary alicyclic amines) is 1. The average Bonchev–Trinajstić information content (AvgIpc) is 3.16. The lowest BCUT2D eigenvalue weighted by Gasteiger charge is -2.37. The molecule has 2 N–H and O–H groups in total. The summed E-state index contributed by atoms with van der Waals surface area (Å²) in [5.41, 5.74) is 0.901. The fourth-order valence-electron chi connectivity index (χ4n) is 5.17. The van der Waals surface area contributed by atoms with Crippen LogP contribution in [-0.4, -0.2) is 56.8 Å². The van der Waals surface area contributed by atoms with Gasteiger partial charge < -0.3 is 15.3 Å². The molecular formula is C26H38N4O3. The number of aromatic nitrogens is 2. The average molecular weight is 455 g/mol. The predicted molar refractivity (Wildman–Crippen MR) is 129 cm³/mol. The van der Waals surface area contributed by atoms with E-state index in [9.17, 15) is 14.7 Å². The standard InChI is InChI=1S/C26H38N4O3/c1-26(2,3)23(25(33)29-15-13-19(31)14-16-29)27-24(32)22-20-11-7-8-12-21(20)30(28-22)17-18-9-5-4-6-10-18/h7-8,11-12,18-19,23,31H,4-6,9-10,13-17H2,1-3H3,(H,27,32). The second-order valence-corrected chi connectivity index (χ2v) is 10.9. The molecule has 1 aliphatic carbocycles. The number of hydrogen-bond donors (Lipinski definition) is 2. The Morgan fingerprint density at radius 3 is 2.42 bits per heavy atom. The number of benzene rings is 1. The summed E-state index contributed by atoms with van der Waals surface area (Å²) in [6.07, 6.45) is 7.06. The van der Waals surface area contributed by atoms with Gasteiger partial charge in [-0.1, -0.05) is 58.2 Å². The maximum Gasteiger partial charge on any atom is 0.273 e. The van der Waals surface area contributed by atoms with Crippen molar-refractivity contribution in [2.45, 2.75) is 84.4 Å². The van der Waals surface area contributed by atoms with E-state index in [1.807, 2.05) is 49.7 Å². The zero-order valence-electron chi connectivity index (χ0n) is 20.2. The van der Waals surface area contributed by atoms with Gasteiger partial charge in [-0.2, -0.15) is 5.10 Å². The first kappa shape index (κ1) is 23.7. The molecule has 2 aliphatic rings. The molecule has 0 spiro atoms. The molecular weight excluding hydrogens is 416 g/mol. The smallest absolute Gasteiger partial charge is 0.273 e. The Morgan fingerprint density at radius 1 is 1.09 bits per heavy atom. The van der Waals surface area contributed by atoms with Crippen LogP contribution in [0, 0.1) is 11.3 Å². The van der Waals surface area contributed by atoms with Crippen molar-refractivity contribution in [3.8, 4) is 0 Å². The van der Waals surface area contributed by atoms with E-state index >= 15 is 0 Å². The van der Waals surface area contributed by atoms with Crippen LogP contribution in [-0.2, 0) is 11.3 Å². The van der Waals surface area contributed by atoms with Crippen molar-refractivity contribution in [2.24, 2.45) is 11.3 Å². The Morgan fingerprint density at radius 2 is 1.76 bits per heavy atom. The van der Waals surface area contributed by atoms with Crippen LogP contribution in [0.5, 0.6) is 0 Å². The van der Waals surface area contributed by atoms with Crippen molar-refractivity contribution >= 4 is 22.7 Å². The third kappa shape index (κ3) is 5.40. The molecule has 7 nitrogen and oxygen atoms in total. The molecule has 1 saturated heterocycles. The van der Waals surface area contributed by atoms with E-state index in [1.54, 1.807) is 4.90 Å². The van der Waals surface area contributed by atoms with Gasteiger partial charge in [-0.05, 0) is 43.1 Å². The van der Waals surface area contributed by atoms with Crippen molar-refractivity contribution in [3.63, 3.8) is 0 Å². The number of hydrogen-bond acceptors (Lipinski definition) is 4. The monoisotopic (exact) mass is 454 g/mol. The quantitative estimate of drug-likeness (QED) is 0.720. The molecule has 1 aromatic carbocycles. The first-order chi connectivity index (χ1) is 15.7. The minimum absolute atomic E-state index is 0.0892. The molecule has 1 aromatic heterocycles. The second-order valence-electron chi connectivity index (χ2n) is 10.9. The Hall–Kier alpha value is -2.41. The Balaban J connectivity index is 1.56. The van der Waals surface area contributed by atoms with E-state index in [1.165, 1.54) is 32.1 Å². The fourth-order valence-corrected chi connectivity index (χ4v) is 5.17. The van der Waals surface area contributed by atoms with Gasteiger partial charge in [-0.25, -0.2) is 0 Å². The van der Waals surface area contributed by atoms with E-state index in [0.29, 0.717) is 37.5 Å². The molecule has 2 aromatic rings. The number of aliphatic hydroxyl groups is 1. The van der Waals surface area contributed by atoms with Gasteiger partial charge in [0.15, 0.2) is 5.69 Å². The Kier molecular flexibility index (Phi) is 7.07. The minimum Gasteiger partial charge on any atom is -0.393 e. The number of piperidine rings is 1. The molecule has 1 atom stereocenters. The molecule has 7 heteroatoms. The number of para-hydroxylation sites is 1. The number of nitrogens with zero attached hydrogens (tertiary/aromatic N) is 3. The zero-order chi connectivity index (χ0) is 23.6. The molecule has 180 valence electrons. The van der Waals surface area contributed by atoms with Gasteiger partial charge in [0, 0.05) is 25.0 Å². The second kappa shape index (κ2) is 9.84. The molecule has 2 fully saturated rings. The molecule has 0 radical (unpaired) electrons. The van der Waals surface area contributed by atoms with Gasteiger partial charge in [0.1, 0.15) is 6.04 Å². The molecule has 2 heterocycles. The lowest BCUT2D eigenvalue weighted by molar-refractivity contribution is -0.137. The largest absolute Gasteiger partial charge is 0.393 e. The van der Waals surface area contributed by atoms with Gasteiger partial charge >= 0.3 is 0 Å². The van der Waals surface area contributed by atoms with E-state index < -0.39 is 11.5 Å². The summed E-state index contributed by atoms with van der Waals surface area (Å²) >= 11 is 0. The van der Waals surface area contributed by atoms with Crippen LogP contribution in [0.4, 0.5) is 0 Å². The van der Waals surface area contributed by atoms with Gasteiger partial charge in [0.2, 0.25) is 5.91 Å². The third-order valence-corrected chi connectivity index (χ3v) is 7.19. The molecule has 1 saturated carbocycles. The zero-order valence-corrected chi connectivity index (χ0v) is 20.2. The van der Waals surface area contributed by atoms with Crippen molar-refractivity contribution in [3.05, 3.63) is 30.0 Å². The molecule has 1 unspecified atom stereocenters. The molecule has 4 rings (SSSR count). The summed E-state index contributed by atoms with van der Waals surface area (Å²) in [6, 6.07) is 7.21. The highest BCUT2D eigenvalue weighted by Crippen LogP contribution is 2.28. The summed E-state index contributed by atoms with van der Waals surface area (Å²) in [5.74, 6) is 0.198. The number of amides is 2. The summed E-state index contributed by atoms with van der Waals surface area (Å²) in [6.45, 7) is 7.76. The van der Waals surface area contributed by atoms with Crippen LogP contribution < -0.4 is 5.32 Å². The topological polar surface area (TPSA) is 87.5 Å². The predicted octanol–water partition coefficient (Wildman–Crippen LogP) is 3.74. The van der Waals surface area contributed by atoms with Crippen LogP contribution in [0.15, 0.2) is 24.3 Å². The maximum atomic E-state index is 13.5. The van der Waals surface area contributed by atoms with Crippen LogP contribution >= 0.6 is 0 Å². The number of fused-ring (bicyclic) bond motifs is 1. The van der Waals surface area contributed by atoms with Crippen LogP contribution in [0.25, 0.3) is 10.9 Å². The number of rotatable bonds is 5. The summed E-state index contributed by atoms with van der Waals surface area (Å²) < 4.78 is 1.99. The van der Waals surface area contributed by atoms with Crippen molar-refractivity contribution < 1.29 is 14.7 Å². The van der Waals surface area contributed by atoms with Crippen LogP contribution in [0.2, 0.25) is 0 Å². The highest BCUT2D eigenvalue weighted by atomic mass is 16.3. The summed E-state index contributed by atoms with van der Waals surface area (Å²) in [5, 5.41) is 18.4. The number of carbonyl (C=O) groups excluding carboxylic acids is 2. The normalized spacial score (nSPS) is 19.6. The summed E-state index contributed by atoms with van der Waals surface area (Å²) in [4.78, 5) is 28.6. The first-order valence-electron chi connectivity index (χ1n) is 12.5. The fraction of sp³-hybridized carbons (Fsp3) is 0.654.